The van der Waals surface area contributed by atoms with Crippen molar-refractivity contribution in [2.45, 2.75) is 121 Å². The third-order valence-electron chi connectivity index (χ3n) is 5.61. The molecule has 10 heteroatoms. The van der Waals surface area contributed by atoms with Gasteiger partial charge in [0.25, 0.3) is 0 Å². The van der Waals surface area contributed by atoms with Crippen molar-refractivity contribution in [3.63, 3.8) is 0 Å². The molecule has 0 amide bonds. The van der Waals surface area contributed by atoms with E-state index >= 15 is 0 Å². The Morgan fingerprint density at radius 1 is 0.909 bits per heavy atom. The number of carbonyl (C=O) groups is 1. The lowest BCUT2D eigenvalue weighted by molar-refractivity contribution is -0.306. The Morgan fingerprint density at radius 2 is 1.58 bits per heavy atom. The van der Waals surface area contributed by atoms with Gasteiger partial charge in [-0.3, -0.25) is 4.79 Å². The van der Waals surface area contributed by atoms with Crippen molar-refractivity contribution < 1.29 is 49.3 Å². The van der Waals surface area contributed by atoms with E-state index in [0.717, 1.165) is 38.5 Å². The molecule has 10 nitrogen and oxygen atoms in total. The summed E-state index contributed by atoms with van der Waals surface area (Å²) in [5.74, 6) is -0.417. The van der Waals surface area contributed by atoms with Crippen LogP contribution in [-0.4, -0.2) is 94.4 Å². The first-order chi connectivity index (χ1) is 15.8. The number of aliphatic hydroxyl groups excluding tert-OH is 5. The minimum Gasteiger partial charge on any atom is -0.457 e. The van der Waals surface area contributed by atoms with E-state index in [4.69, 9.17) is 18.9 Å². The van der Waals surface area contributed by atoms with Crippen molar-refractivity contribution in [1.29, 1.82) is 0 Å². The van der Waals surface area contributed by atoms with Crippen LogP contribution in [0.2, 0.25) is 0 Å². The molecule has 196 valence electrons. The number of carbonyl (C=O) groups excluding carboxylic acids is 1. The Morgan fingerprint density at radius 3 is 2.24 bits per heavy atom. The van der Waals surface area contributed by atoms with Crippen LogP contribution in [0.3, 0.4) is 0 Å². The average molecular weight is 481 g/mol. The van der Waals surface area contributed by atoms with Gasteiger partial charge in [-0.05, 0) is 19.3 Å². The first-order valence-corrected chi connectivity index (χ1v) is 12.2. The summed E-state index contributed by atoms with van der Waals surface area (Å²) < 4.78 is 21.7. The van der Waals surface area contributed by atoms with E-state index in [1.54, 1.807) is 0 Å². The van der Waals surface area contributed by atoms with E-state index in [1.165, 1.54) is 6.42 Å². The molecule has 1 fully saturated rings. The largest absolute Gasteiger partial charge is 0.457 e. The Kier molecular flexibility index (Phi) is 16.1. The molecular weight excluding hydrogens is 436 g/mol. The second-order valence-corrected chi connectivity index (χ2v) is 8.59. The maximum absolute atomic E-state index is 12.3. The molecule has 1 unspecified atom stereocenters. The number of ether oxygens (including phenoxy) is 4. The van der Waals surface area contributed by atoms with E-state index in [2.05, 4.69) is 6.92 Å². The fourth-order valence-electron chi connectivity index (χ4n) is 3.50. The maximum atomic E-state index is 12.3. The summed E-state index contributed by atoms with van der Waals surface area (Å²) in [4.78, 5) is 12.3. The van der Waals surface area contributed by atoms with Crippen molar-refractivity contribution in [1.82, 2.24) is 0 Å². The van der Waals surface area contributed by atoms with Crippen LogP contribution in [0, 0.1) is 0 Å². The zero-order chi connectivity index (χ0) is 24.6. The van der Waals surface area contributed by atoms with Gasteiger partial charge >= 0.3 is 5.97 Å². The summed E-state index contributed by atoms with van der Waals surface area (Å²) in [6.07, 6.45) is -0.364. The van der Waals surface area contributed by atoms with Crippen LogP contribution >= 0.6 is 0 Å². The fraction of sp³-hybridized carbons (Fsp3) is 0.957. The molecule has 0 aliphatic carbocycles. The standard InChI is InChI=1S/C23H44O10/c1-3-5-7-8-9-10-12-19(26)32-16(14-30-18(25)11-6-4-2)15-31-23-22(29)21(28)20(27)17(13-24)33-23/h16-18,20-25,27-29H,3-15H2,1-2H3/t16-,17-,18?,20+,21+,22-,23-/m1/s1. The summed E-state index contributed by atoms with van der Waals surface area (Å²) >= 11 is 0. The number of hydrogen-bond acceptors (Lipinski definition) is 10. The molecule has 1 aliphatic rings. The van der Waals surface area contributed by atoms with Crippen LogP contribution < -0.4 is 0 Å². The Hall–Kier alpha value is -0.850. The van der Waals surface area contributed by atoms with E-state index in [0.29, 0.717) is 12.8 Å². The predicted molar refractivity (Wildman–Crippen MR) is 119 cm³/mol. The van der Waals surface area contributed by atoms with Crippen LogP contribution in [0.1, 0.15) is 78.1 Å². The highest BCUT2D eigenvalue weighted by atomic mass is 16.7. The van der Waals surface area contributed by atoms with Gasteiger partial charge in [0.1, 0.15) is 30.5 Å². The normalized spacial score (nSPS) is 27.3. The Bertz CT molecular complexity index is 504. The molecule has 0 bridgehead atoms. The first kappa shape index (κ1) is 30.2. The molecule has 0 saturated carbocycles. The molecule has 0 aromatic heterocycles. The molecule has 33 heavy (non-hydrogen) atoms. The minimum atomic E-state index is -1.57. The predicted octanol–water partition coefficient (Wildman–Crippen LogP) is 0.991. The van der Waals surface area contributed by atoms with Gasteiger partial charge in [-0.15, -0.1) is 0 Å². The molecular formula is C23H44O10. The number of rotatable bonds is 18. The van der Waals surface area contributed by atoms with E-state index in [-0.39, 0.29) is 19.6 Å². The van der Waals surface area contributed by atoms with Gasteiger partial charge in [-0.1, -0.05) is 52.4 Å². The zero-order valence-corrected chi connectivity index (χ0v) is 20.0. The molecule has 0 aromatic rings. The van der Waals surface area contributed by atoms with E-state index < -0.39 is 55.7 Å². The molecule has 7 atom stereocenters. The molecule has 0 radical (unpaired) electrons. The van der Waals surface area contributed by atoms with E-state index in [9.17, 15) is 30.3 Å². The number of esters is 1. The molecule has 1 aliphatic heterocycles. The number of hydrogen-bond donors (Lipinski definition) is 5. The number of unbranched alkanes of at least 4 members (excludes halogenated alkanes) is 6. The van der Waals surface area contributed by atoms with Gasteiger partial charge < -0.3 is 44.5 Å². The zero-order valence-electron chi connectivity index (χ0n) is 20.0. The number of aliphatic hydroxyl groups is 5. The summed E-state index contributed by atoms with van der Waals surface area (Å²) in [5, 5.41) is 49.1. The van der Waals surface area contributed by atoms with Gasteiger partial charge in [0, 0.05) is 6.42 Å². The monoisotopic (exact) mass is 480 g/mol. The molecule has 0 spiro atoms. The van der Waals surface area contributed by atoms with Gasteiger partial charge in [0.15, 0.2) is 12.6 Å². The third kappa shape index (κ3) is 11.9. The molecule has 5 N–H and O–H groups in total. The highest BCUT2D eigenvalue weighted by Gasteiger charge is 2.44. The lowest BCUT2D eigenvalue weighted by atomic mass is 9.99. The minimum absolute atomic E-state index is 0.120. The fourth-order valence-corrected chi connectivity index (χ4v) is 3.50. The molecule has 1 saturated heterocycles. The van der Waals surface area contributed by atoms with Crippen molar-refractivity contribution in [3.8, 4) is 0 Å². The summed E-state index contributed by atoms with van der Waals surface area (Å²) in [6.45, 7) is 3.21. The molecule has 0 aromatic carbocycles. The van der Waals surface area contributed by atoms with Crippen molar-refractivity contribution in [2.24, 2.45) is 0 Å². The molecule has 1 heterocycles. The average Bonchev–Trinajstić information content (AvgIpc) is 2.81. The van der Waals surface area contributed by atoms with Gasteiger partial charge in [-0.25, -0.2) is 0 Å². The Balaban J connectivity index is 2.57. The van der Waals surface area contributed by atoms with Crippen LogP contribution in [-0.2, 0) is 23.7 Å². The lowest BCUT2D eigenvalue weighted by Crippen LogP contribution is -2.59. The second kappa shape index (κ2) is 17.6. The van der Waals surface area contributed by atoms with Crippen molar-refractivity contribution >= 4 is 5.97 Å². The van der Waals surface area contributed by atoms with Crippen LogP contribution in [0.4, 0.5) is 0 Å². The van der Waals surface area contributed by atoms with E-state index in [1.807, 2.05) is 6.92 Å². The quantitative estimate of drug-likeness (QED) is 0.109. The van der Waals surface area contributed by atoms with Crippen LogP contribution in [0.5, 0.6) is 0 Å². The van der Waals surface area contributed by atoms with Crippen LogP contribution in [0.25, 0.3) is 0 Å². The van der Waals surface area contributed by atoms with Crippen LogP contribution in [0.15, 0.2) is 0 Å². The van der Waals surface area contributed by atoms with Gasteiger partial charge in [0.2, 0.25) is 0 Å². The first-order valence-electron chi connectivity index (χ1n) is 12.2. The summed E-state index contributed by atoms with van der Waals surface area (Å²) in [7, 11) is 0. The maximum Gasteiger partial charge on any atom is 0.306 e. The van der Waals surface area contributed by atoms with Crippen molar-refractivity contribution in [2.75, 3.05) is 19.8 Å². The highest BCUT2D eigenvalue weighted by molar-refractivity contribution is 5.69. The second-order valence-electron chi connectivity index (χ2n) is 8.59. The Labute approximate surface area is 196 Å². The van der Waals surface area contributed by atoms with Crippen molar-refractivity contribution in [3.05, 3.63) is 0 Å². The summed E-state index contributed by atoms with van der Waals surface area (Å²) in [5.41, 5.74) is 0. The van der Waals surface area contributed by atoms with Gasteiger partial charge in [-0.2, -0.15) is 0 Å². The smallest absolute Gasteiger partial charge is 0.306 e. The van der Waals surface area contributed by atoms with Gasteiger partial charge in [0.05, 0.1) is 19.8 Å². The SMILES string of the molecule is CCCCCCCCC(=O)O[C@H](COC(O)CCCC)CO[C@@H]1O[C@H](CO)[C@H](O)[C@H](O)[C@H]1O. The topological polar surface area (TPSA) is 155 Å². The highest BCUT2D eigenvalue weighted by Crippen LogP contribution is 2.22. The lowest BCUT2D eigenvalue weighted by Gasteiger charge is -2.39. The molecule has 1 rings (SSSR count). The third-order valence-corrected chi connectivity index (χ3v) is 5.61. The summed E-state index contributed by atoms with van der Waals surface area (Å²) in [6, 6.07) is 0.